The van der Waals surface area contributed by atoms with Crippen LogP contribution < -0.4 is 9.46 Å². The van der Waals surface area contributed by atoms with Gasteiger partial charge >= 0.3 is 10.2 Å². The van der Waals surface area contributed by atoms with Crippen LogP contribution >= 0.6 is 0 Å². The van der Waals surface area contributed by atoms with E-state index in [0.717, 1.165) is 83.8 Å². The van der Waals surface area contributed by atoms with Crippen molar-refractivity contribution in [2.24, 2.45) is 5.41 Å². The van der Waals surface area contributed by atoms with E-state index in [1.165, 1.54) is 26.1 Å². The maximum Gasteiger partial charge on any atom is 0.303 e. The number of likely N-dealkylation sites (N-methyl/N-ethyl adjacent to an activating group) is 1. The first-order valence-corrected chi connectivity index (χ1v) is 18.6. The number of piperazine rings is 1. The Morgan fingerprint density at radius 1 is 1.00 bits per heavy atom. The fourth-order valence-corrected chi connectivity index (χ4v) is 8.72. The Kier molecular flexibility index (Phi) is 8.80. The molecule has 258 valence electrons. The van der Waals surface area contributed by atoms with Crippen molar-refractivity contribution in [1.29, 1.82) is 0 Å². The number of nitrogens with one attached hydrogen (secondary N) is 1. The molecule has 2 saturated heterocycles. The zero-order chi connectivity index (χ0) is 33.8. The first-order valence-electron chi connectivity index (χ1n) is 17.2. The average molecular weight is 678 g/mol. The molecule has 7 rings (SSSR count). The molecule has 3 aromatic rings. The highest BCUT2D eigenvalue weighted by molar-refractivity contribution is 7.87. The van der Waals surface area contributed by atoms with E-state index < -0.39 is 21.5 Å². The largest absolute Gasteiger partial charge is 0.497 e. The molecule has 4 fully saturated rings. The molecule has 12 heteroatoms. The molecule has 2 aliphatic carbocycles. The van der Waals surface area contributed by atoms with Crippen LogP contribution in [0.25, 0.3) is 22.2 Å². The van der Waals surface area contributed by atoms with Crippen molar-refractivity contribution in [2.45, 2.75) is 69.5 Å². The molecule has 3 heterocycles. The summed E-state index contributed by atoms with van der Waals surface area (Å²) in [4.78, 5) is 32.5. The minimum Gasteiger partial charge on any atom is -0.497 e. The summed E-state index contributed by atoms with van der Waals surface area (Å²) >= 11 is 0. The van der Waals surface area contributed by atoms with Crippen molar-refractivity contribution in [3.63, 3.8) is 0 Å². The number of nitrogens with zero attached hydrogens (tertiary/aromatic N) is 4. The quantitative estimate of drug-likeness (QED) is 0.361. The molecule has 4 aliphatic rings. The van der Waals surface area contributed by atoms with Crippen LogP contribution in [0, 0.1) is 5.41 Å². The van der Waals surface area contributed by atoms with Gasteiger partial charge in [0.25, 0.3) is 5.91 Å². The lowest BCUT2D eigenvalue weighted by Crippen LogP contribution is -2.66. The van der Waals surface area contributed by atoms with Gasteiger partial charge in [0.2, 0.25) is 5.91 Å². The topological polar surface area (TPSA) is 113 Å². The molecule has 2 saturated carbocycles. The maximum absolute atomic E-state index is 14.7. The Bertz CT molecular complexity index is 1800. The molecule has 2 amide bonds. The van der Waals surface area contributed by atoms with Crippen LogP contribution in [0.4, 0.5) is 0 Å². The van der Waals surface area contributed by atoms with E-state index >= 15 is 0 Å². The second-order valence-electron chi connectivity index (χ2n) is 14.4. The number of ether oxygens (including phenoxy) is 2. The number of fused-ring (bicyclic) bond motifs is 3. The van der Waals surface area contributed by atoms with E-state index in [1.807, 2.05) is 24.3 Å². The zero-order valence-corrected chi connectivity index (χ0v) is 29.2. The molecule has 11 nitrogen and oxygen atoms in total. The monoisotopic (exact) mass is 677 g/mol. The van der Waals surface area contributed by atoms with Crippen LogP contribution in [0.15, 0.2) is 42.5 Å². The van der Waals surface area contributed by atoms with Gasteiger partial charge in [0.15, 0.2) is 0 Å². The van der Waals surface area contributed by atoms with Gasteiger partial charge in [-0.05, 0) is 86.2 Å². The van der Waals surface area contributed by atoms with E-state index in [9.17, 15) is 18.0 Å². The first kappa shape index (κ1) is 33.1. The summed E-state index contributed by atoms with van der Waals surface area (Å²) in [7, 11) is 2.55. The standard InChI is InChI=1S/C36H47N5O6S/c1-38(2)48(44,45)37-34(42)26-12-15-30-31(18-26)40(23-36(16-17-36)35(43)41-27-19-39(3)20-28(41)22-47-21-27)33(25-10-13-29(46-4)14-11-25)32(30)24-8-6-5-7-9-24/h10-15,18,24,27-28H,5-9,16-17,19-23H2,1-4H3,(H,37,42). The van der Waals surface area contributed by atoms with Crippen molar-refractivity contribution in [1.82, 2.24) is 23.4 Å². The second kappa shape index (κ2) is 12.8. The van der Waals surface area contributed by atoms with Gasteiger partial charge in [0, 0.05) is 50.2 Å². The van der Waals surface area contributed by atoms with Crippen LogP contribution in [0.1, 0.15) is 66.8 Å². The zero-order valence-electron chi connectivity index (χ0n) is 28.4. The highest BCUT2D eigenvalue weighted by Gasteiger charge is 2.56. The summed E-state index contributed by atoms with van der Waals surface area (Å²) in [5, 5.41) is 1.05. The summed E-state index contributed by atoms with van der Waals surface area (Å²) < 4.78 is 42.0. The Labute approximate surface area is 283 Å². The van der Waals surface area contributed by atoms with Gasteiger partial charge in [-0.3, -0.25) is 9.59 Å². The van der Waals surface area contributed by atoms with E-state index in [1.54, 1.807) is 13.2 Å². The van der Waals surface area contributed by atoms with Gasteiger partial charge in [0.05, 0.1) is 43.5 Å². The predicted molar refractivity (Wildman–Crippen MR) is 184 cm³/mol. The van der Waals surface area contributed by atoms with E-state index in [2.05, 4.69) is 38.3 Å². The summed E-state index contributed by atoms with van der Waals surface area (Å²) in [5.74, 6) is 0.598. The number of benzene rings is 2. The number of hydrogen-bond donors (Lipinski definition) is 1. The van der Waals surface area contributed by atoms with E-state index in [0.29, 0.717) is 25.7 Å². The molecule has 2 atom stereocenters. The van der Waals surface area contributed by atoms with Gasteiger partial charge in [-0.1, -0.05) is 25.3 Å². The normalized spacial score (nSPS) is 23.0. The molecular formula is C36H47N5O6S. The highest BCUT2D eigenvalue weighted by Crippen LogP contribution is 2.53. The van der Waals surface area contributed by atoms with Crippen molar-refractivity contribution >= 4 is 32.9 Å². The Morgan fingerprint density at radius 2 is 1.67 bits per heavy atom. The molecule has 0 radical (unpaired) electrons. The Balaban J connectivity index is 1.37. The Morgan fingerprint density at radius 3 is 2.27 bits per heavy atom. The molecule has 48 heavy (non-hydrogen) atoms. The third-order valence-electron chi connectivity index (χ3n) is 10.9. The number of aromatic nitrogens is 1. The maximum atomic E-state index is 14.7. The molecule has 2 aliphatic heterocycles. The first-order chi connectivity index (χ1) is 23.0. The van der Waals surface area contributed by atoms with Crippen LogP contribution in [0.5, 0.6) is 5.75 Å². The fraction of sp³-hybridized carbons (Fsp3) is 0.556. The van der Waals surface area contributed by atoms with Crippen LogP contribution in [-0.4, -0.2) is 106 Å². The lowest BCUT2D eigenvalue weighted by atomic mass is 9.81. The third kappa shape index (κ3) is 6.01. The summed E-state index contributed by atoms with van der Waals surface area (Å²) in [6.07, 6.45) is 7.24. The molecule has 2 aromatic carbocycles. The van der Waals surface area contributed by atoms with Gasteiger partial charge in [-0.2, -0.15) is 12.7 Å². The number of methoxy groups -OCH3 is 1. The Hall–Kier alpha value is -3.45. The van der Waals surface area contributed by atoms with Crippen LogP contribution in [0.3, 0.4) is 0 Å². The molecule has 2 bridgehead atoms. The molecular weight excluding hydrogens is 630 g/mol. The molecule has 1 aromatic heterocycles. The number of amides is 2. The summed E-state index contributed by atoms with van der Waals surface area (Å²) in [5.41, 5.74) is 3.88. The lowest BCUT2D eigenvalue weighted by molar-refractivity contribution is -0.160. The fourth-order valence-electron chi connectivity index (χ4n) is 8.19. The van der Waals surface area contributed by atoms with Crippen LogP contribution in [0.2, 0.25) is 0 Å². The minimum atomic E-state index is -3.98. The summed E-state index contributed by atoms with van der Waals surface area (Å²) in [6.45, 7) is 3.16. The van der Waals surface area contributed by atoms with Crippen molar-refractivity contribution < 1.29 is 27.5 Å². The molecule has 2 unspecified atom stereocenters. The SMILES string of the molecule is COc1ccc(-c2c(C3CCCCC3)c3ccc(C(=O)NS(=O)(=O)N(C)C)cc3n2CC2(C(=O)N3C4COCC3CN(C)C4)CC2)cc1. The third-order valence-corrected chi connectivity index (χ3v) is 12.3. The number of carbonyl (C=O) groups is 2. The van der Waals surface area contributed by atoms with E-state index in [4.69, 9.17) is 9.47 Å². The van der Waals surface area contributed by atoms with Crippen LogP contribution in [-0.2, 0) is 26.3 Å². The van der Waals surface area contributed by atoms with Gasteiger partial charge in [-0.15, -0.1) is 0 Å². The molecule has 1 N–H and O–H groups in total. The number of rotatable bonds is 9. The van der Waals surface area contributed by atoms with Crippen molar-refractivity contribution in [3.8, 4) is 17.0 Å². The average Bonchev–Trinajstić information content (AvgIpc) is 3.79. The minimum absolute atomic E-state index is 0.0293. The smallest absolute Gasteiger partial charge is 0.303 e. The van der Waals surface area contributed by atoms with Crippen molar-refractivity contribution in [2.75, 3.05) is 54.6 Å². The van der Waals surface area contributed by atoms with Gasteiger partial charge in [0.1, 0.15) is 5.75 Å². The number of carbonyl (C=O) groups excluding carboxylic acids is 2. The lowest BCUT2D eigenvalue weighted by Gasteiger charge is -2.50. The van der Waals surface area contributed by atoms with E-state index in [-0.39, 0.29) is 23.6 Å². The van der Waals surface area contributed by atoms with Gasteiger partial charge < -0.3 is 23.8 Å². The van der Waals surface area contributed by atoms with Gasteiger partial charge in [-0.25, -0.2) is 4.72 Å². The predicted octanol–water partition coefficient (Wildman–Crippen LogP) is 4.22. The second-order valence-corrected chi connectivity index (χ2v) is 16.3. The number of morpholine rings is 1. The summed E-state index contributed by atoms with van der Waals surface area (Å²) in [6, 6.07) is 13.7. The highest BCUT2D eigenvalue weighted by atomic mass is 32.2. The molecule has 0 spiro atoms. The van der Waals surface area contributed by atoms with Crippen molar-refractivity contribution in [3.05, 3.63) is 53.6 Å². The number of hydrogen-bond acceptors (Lipinski definition) is 7.